The first kappa shape index (κ1) is 27.0. The quantitative estimate of drug-likeness (QED) is 0.168. The molecule has 0 saturated carbocycles. The fourth-order valence-corrected chi connectivity index (χ4v) is 10.1. The molecule has 0 aliphatic carbocycles. The minimum absolute atomic E-state index is 0.0602. The summed E-state index contributed by atoms with van der Waals surface area (Å²) in [7, 11) is 0. The lowest BCUT2D eigenvalue weighted by Gasteiger charge is -2.48. The molecule has 7 aromatic carbocycles. The van der Waals surface area contributed by atoms with Crippen LogP contribution in [0.15, 0.2) is 140 Å². The van der Waals surface area contributed by atoms with Crippen LogP contribution in [0, 0.1) is 0 Å². The summed E-state index contributed by atoms with van der Waals surface area (Å²) in [5.74, 6) is 2.13. The molecular formula is C45H30B2N2O. The van der Waals surface area contributed by atoms with Gasteiger partial charge in [0.05, 0.1) is 0 Å². The van der Waals surface area contributed by atoms with Crippen molar-refractivity contribution in [3.63, 3.8) is 0 Å². The third-order valence-corrected chi connectivity index (χ3v) is 11.8. The van der Waals surface area contributed by atoms with Gasteiger partial charge in [0, 0.05) is 55.9 Å². The van der Waals surface area contributed by atoms with E-state index in [0.29, 0.717) is 0 Å². The van der Waals surface area contributed by atoms with Crippen molar-refractivity contribution < 1.29 is 4.74 Å². The molecule has 0 fully saturated rings. The number of nitrogens with zero attached hydrogens (tertiary/aromatic N) is 2. The van der Waals surface area contributed by atoms with Crippen molar-refractivity contribution in [1.29, 1.82) is 0 Å². The zero-order valence-corrected chi connectivity index (χ0v) is 27.8. The van der Waals surface area contributed by atoms with E-state index in [2.05, 4.69) is 163 Å². The largest absolute Gasteiger partial charge is 0.458 e. The summed E-state index contributed by atoms with van der Waals surface area (Å²) in [4.78, 5) is 5.20. The van der Waals surface area contributed by atoms with Crippen molar-refractivity contribution in [1.82, 2.24) is 0 Å². The first-order valence-corrected chi connectivity index (χ1v) is 17.8. The molecule has 0 aromatic heterocycles. The number of para-hydroxylation sites is 4. The second kappa shape index (κ2) is 9.40. The van der Waals surface area contributed by atoms with Gasteiger partial charge in [0.15, 0.2) is 0 Å². The van der Waals surface area contributed by atoms with Gasteiger partial charge < -0.3 is 14.4 Å². The van der Waals surface area contributed by atoms with Crippen LogP contribution in [0.25, 0.3) is 44.5 Å². The van der Waals surface area contributed by atoms with Crippen molar-refractivity contribution in [3.8, 4) is 56.0 Å². The zero-order chi connectivity index (χ0) is 32.8. The van der Waals surface area contributed by atoms with E-state index < -0.39 is 0 Å². The SMILES string of the molecule is CC(C)c1c2c3cc4c1-c1ccccc1N1B4c4c(cccc4-c4ccccc41)Oc1cccc4c1B3N(c1ccccc1-4)c1ccccc1-2. The highest BCUT2D eigenvalue weighted by atomic mass is 16.5. The predicted molar refractivity (Wildman–Crippen MR) is 210 cm³/mol. The van der Waals surface area contributed by atoms with E-state index in [1.54, 1.807) is 0 Å². The smallest absolute Gasteiger partial charge is 0.333 e. The molecule has 232 valence electrons. The fourth-order valence-electron chi connectivity index (χ4n) is 10.1. The van der Waals surface area contributed by atoms with Crippen LogP contribution >= 0.6 is 0 Å². The van der Waals surface area contributed by atoms with Gasteiger partial charge in [-0.1, -0.05) is 117 Å². The van der Waals surface area contributed by atoms with Crippen LogP contribution in [0.2, 0.25) is 0 Å². The normalized spacial score (nSPS) is 14.4. The number of anilines is 4. The topological polar surface area (TPSA) is 15.7 Å². The van der Waals surface area contributed by atoms with Crippen LogP contribution in [0.3, 0.4) is 0 Å². The molecule has 0 saturated heterocycles. The maximum absolute atomic E-state index is 7.35. The Morgan fingerprint density at radius 1 is 0.440 bits per heavy atom. The summed E-state index contributed by atoms with van der Waals surface area (Å²) in [5.41, 5.74) is 21.9. The lowest BCUT2D eigenvalue weighted by Crippen LogP contribution is -2.65. The molecule has 0 radical (unpaired) electrons. The second-order valence-electron chi connectivity index (χ2n) is 14.5. The Hall–Kier alpha value is -5.93. The van der Waals surface area contributed by atoms with Crippen LogP contribution in [0.1, 0.15) is 25.3 Å². The van der Waals surface area contributed by atoms with Gasteiger partial charge >= 0.3 is 13.7 Å². The molecule has 0 unspecified atom stereocenters. The van der Waals surface area contributed by atoms with Crippen molar-refractivity contribution in [2.24, 2.45) is 0 Å². The van der Waals surface area contributed by atoms with Crippen LogP contribution in [0.5, 0.6) is 11.5 Å². The Morgan fingerprint density at radius 2 is 0.820 bits per heavy atom. The van der Waals surface area contributed by atoms with Crippen LogP contribution in [-0.2, 0) is 0 Å². The van der Waals surface area contributed by atoms with Gasteiger partial charge in [-0.2, -0.15) is 0 Å². The van der Waals surface area contributed by atoms with Crippen LogP contribution in [-0.4, -0.2) is 13.7 Å². The highest BCUT2D eigenvalue weighted by Crippen LogP contribution is 2.53. The monoisotopic (exact) mass is 636 g/mol. The Morgan fingerprint density at radius 3 is 1.26 bits per heavy atom. The summed E-state index contributed by atoms with van der Waals surface area (Å²) < 4.78 is 7.35. The molecule has 2 bridgehead atoms. The molecule has 5 aliphatic rings. The molecule has 5 aliphatic heterocycles. The molecule has 3 nitrogen and oxygen atoms in total. The fraction of sp³-hybridized carbons (Fsp3) is 0.0667. The second-order valence-corrected chi connectivity index (χ2v) is 14.5. The highest BCUT2D eigenvalue weighted by Gasteiger charge is 2.50. The number of benzene rings is 7. The summed E-state index contributed by atoms with van der Waals surface area (Å²) >= 11 is 0. The van der Waals surface area contributed by atoms with Gasteiger partial charge in [0.25, 0.3) is 0 Å². The predicted octanol–water partition coefficient (Wildman–Crippen LogP) is 8.73. The molecule has 0 N–H and O–H groups in total. The standard InChI is InChI=1S/C45H30B2N2O/c1-26(2)41-42-31-15-5-9-21-37(31)48-35-19-7-3-13-27(35)29-17-11-23-39-44(29)46(48)33(42)25-34-43(41)32-16-6-10-22-38(32)49-36-20-8-4-14-28(36)30-18-12-24-40(50-39)45(30)47(34)49/h3-26H,1-2H3. The van der Waals surface area contributed by atoms with E-state index in [-0.39, 0.29) is 19.6 Å². The third kappa shape index (κ3) is 3.15. The molecule has 7 aromatic rings. The van der Waals surface area contributed by atoms with E-state index in [1.807, 2.05) is 0 Å². The van der Waals surface area contributed by atoms with Gasteiger partial charge in [0.1, 0.15) is 11.5 Å². The van der Waals surface area contributed by atoms with E-state index in [4.69, 9.17) is 4.74 Å². The molecule has 12 rings (SSSR count). The van der Waals surface area contributed by atoms with Crippen LogP contribution in [0.4, 0.5) is 22.7 Å². The summed E-state index contributed by atoms with van der Waals surface area (Å²) in [6, 6.07) is 51.9. The van der Waals surface area contributed by atoms with Gasteiger partial charge in [-0.15, -0.1) is 0 Å². The Kier molecular flexibility index (Phi) is 5.07. The molecule has 5 heterocycles. The average Bonchev–Trinajstić information content (AvgIpc) is 3.16. The third-order valence-electron chi connectivity index (χ3n) is 11.8. The minimum atomic E-state index is -0.0602. The van der Waals surface area contributed by atoms with Gasteiger partial charge in [-0.05, 0) is 81.1 Å². The number of hydrogen-bond acceptors (Lipinski definition) is 3. The number of ether oxygens (including phenoxy) is 1. The van der Waals surface area contributed by atoms with Crippen LogP contribution < -0.4 is 36.2 Å². The Labute approximate surface area is 292 Å². The summed E-state index contributed by atoms with van der Waals surface area (Å²) in [5, 5.41) is 0. The van der Waals surface area contributed by atoms with Crippen molar-refractivity contribution >= 4 is 58.3 Å². The highest BCUT2D eigenvalue weighted by molar-refractivity contribution is 6.96. The number of hydrogen-bond donors (Lipinski definition) is 0. The van der Waals surface area contributed by atoms with Crippen molar-refractivity contribution in [2.45, 2.75) is 19.8 Å². The Bertz CT molecular complexity index is 2490. The van der Waals surface area contributed by atoms with E-state index in [0.717, 1.165) is 11.5 Å². The molecule has 5 heteroatoms. The number of rotatable bonds is 1. The van der Waals surface area contributed by atoms with E-state index >= 15 is 0 Å². The Balaban J connectivity index is 1.33. The molecular weight excluding hydrogens is 606 g/mol. The van der Waals surface area contributed by atoms with E-state index in [1.165, 1.54) is 94.7 Å². The molecule has 0 spiro atoms. The molecule has 0 amide bonds. The summed E-state index contributed by atoms with van der Waals surface area (Å²) in [6.45, 7) is 4.66. The summed E-state index contributed by atoms with van der Waals surface area (Å²) in [6.07, 6.45) is 0. The van der Waals surface area contributed by atoms with Gasteiger partial charge in [-0.3, -0.25) is 0 Å². The van der Waals surface area contributed by atoms with Gasteiger partial charge in [-0.25, -0.2) is 0 Å². The number of fused-ring (bicyclic) bond motifs is 12. The lowest BCUT2D eigenvalue weighted by atomic mass is 9.38. The minimum Gasteiger partial charge on any atom is -0.458 e. The maximum atomic E-state index is 7.35. The lowest BCUT2D eigenvalue weighted by molar-refractivity contribution is 0.490. The van der Waals surface area contributed by atoms with Gasteiger partial charge in [0.2, 0.25) is 0 Å². The first-order chi connectivity index (χ1) is 24.7. The molecule has 50 heavy (non-hydrogen) atoms. The maximum Gasteiger partial charge on any atom is 0.333 e. The first-order valence-electron chi connectivity index (χ1n) is 17.8. The van der Waals surface area contributed by atoms with Crippen molar-refractivity contribution in [2.75, 3.05) is 9.62 Å². The average molecular weight is 636 g/mol. The zero-order valence-electron chi connectivity index (χ0n) is 27.8. The van der Waals surface area contributed by atoms with E-state index in [9.17, 15) is 0 Å². The molecule has 0 atom stereocenters. The van der Waals surface area contributed by atoms with Crippen molar-refractivity contribution in [3.05, 3.63) is 145 Å².